The highest BCUT2D eigenvalue weighted by molar-refractivity contribution is 8.03. The van der Waals surface area contributed by atoms with Gasteiger partial charge < -0.3 is 9.64 Å². The minimum atomic E-state index is -0.904. The number of nitriles is 1. The number of ether oxygens (including phenoxy) is 1. The fourth-order valence-electron chi connectivity index (χ4n) is 2.36. The van der Waals surface area contributed by atoms with Crippen molar-refractivity contribution >= 4 is 23.2 Å². The molecule has 25 heavy (non-hydrogen) atoms. The highest BCUT2D eigenvalue weighted by Crippen LogP contribution is 2.46. The van der Waals surface area contributed by atoms with E-state index in [2.05, 4.69) is 0 Å². The monoisotopic (exact) mass is 358 g/mol. The maximum Gasteiger partial charge on any atom is 0.213 e. The first-order valence-electron chi connectivity index (χ1n) is 7.27. The third kappa shape index (κ3) is 3.35. The number of halogens is 2. The van der Waals surface area contributed by atoms with Gasteiger partial charge in [0, 0.05) is 18.0 Å². The van der Waals surface area contributed by atoms with Crippen molar-refractivity contribution < 1.29 is 18.3 Å². The van der Waals surface area contributed by atoms with Gasteiger partial charge in [0.25, 0.3) is 0 Å². The molecule has 0 unspecified atom stereocenters. The number of nitrogens with zero attached hydrogens (tertiary/aromatic N) is 2. The first-order valence-corrected chi connectivity index (χ1v) is 8.09. The Hall–Kier alpha value is -2.85. The van der Waals surface area contributed by atoms with Crippen LogP contribution in [-0.4, -0.2) is 19.4 Å². The minimum absolute atomic E-state index is 0.0637. The highest BCUT2D eigenvalue weighted by Gasteiger charge is 2.28. The largest absolute Gasteiger partial charge is 0.482 e. The van der Waals surface area contributed by atoms with E-state index in [-0.39, 0.29) is 11.3 Å². The summed E-state index contributed by atoms with van der Waals surface area (Å²) >= 11 is 1.32. The number of hydrogen-bond acceptors (Lipinski definition) is 5. The molecule has 0 N–H and O–H groups in total. The lowest BCUT2D eigenvalue weighted by Crippen LogP contribution is -2.19. The molecular weight excluding hydrogens is 346 g/mol. The molecule has 0 aliphatic carbocycles. The van der Waals surface area contributed by atoms with E-state index in [0.29, 0.717) is 11.1 Å². The fourth-order valence-corrected chi connectivity index (χ4v) is 3.52. The molecule has 0 atom stereocenters. The number of carbonyl (C=O) groups is 1. The van der Waals surface area contributed by atoms with Crippen LogP contribution in [0.1, 0.15) is 0 Å². The van der Waals surface area contributed by atoms with Gasteiger partial charge in [-0.25, -0.2) is 8.78 Å². The molecule has 0 aromatic heterocycles. The number of Topliss-reactive ketones (excluding diaryl/α,β-unsaturated/α-hetero) is 1. The summed E-state index contributed by atoms with van der Waals surface area (Å²) in [6, 6.07) is 12.2. The number of thioether (sulfide) groups is 1. The van der Waals surface area contributed by atoms with E-state index in [4.69, 9.17) is 4.74 Å². The molecule has 0 bridgehead atoms. The Kier molecular flexibility index (Phi) is 4.72. The van der Waals surface area contributed by atoms with Crippen molar-refractivity contribution in [1.29, 1.82) is 5.26 Å². The quantitative estimate of drug-likeness (QED) is 0.613. The van der Waals surface area contributed by atoms with Crippen LogP contribution in [0.2, 0.25) is 0 Å². The van der Waals surface area contributed by atoms with Crippen LogP contribution in [0.25, 0.3) is 0 Å². The summed E-state index contributed by atoms with van der Waals surface area (Å²) in [6.07, 6.45) is 0. The number of anilines is 1. The van der Waals surface area contributed by atoms with E-state index >= 15 is 0 Å². The van der Waals surface area contributed by atoms with Gasteiger partial charge in [0.1, 0.15) is 22.5 Å². The van der Waals surface area contributed by atoms with Crippen LogP contribution in [-0.2, 0) is 4.79 Å². The van der Waals surface area contributed by atoms with Gasteiger partial charge in [-0.3, -0.25) is 4.79 Å². The molecule has 2 aromatic rings. The Morgan fingerprint density at radius 3 is 2.72 bits per heavy atom. The summed E-state index contributed by atoms with van der Waals surface area (Å²) in [5, 5.41) is 9.89. The van der Waals surface area contributed by atoms with Gasteiger partial charge in [-0.15, -0.1) is 0 Å². The Morgan fingerprint density at radius 1 is 1.28 bits per heavy atom. The van der Waals surface area contributed by atoms with Crippen LogP contribution in [0.4, 0.5) is 14.5 Å². The van der Waals surface area contributed by atoms with E-state index in [1.807, 2.05) is 30.3 Å². The minimum Gasteiger partial charge on any atom is -0.482 e. The van der Waals surface area contributed by atoms with Crippen molar-refractivity contribution in [3.8, 4) is 11.8 Å². The topological polar surface area (TPSA) is 53.3 Å². The Morgan fingerprint density at radius 2 is 2.04 bits per heavy atom. The summed E-state index contributed by atoms with van der Waals surface area (Å²) in [5.74, 6) is -2.46. The van der Waals surface area contributed by atoms with Crippen LogP contribution in [0.3, 0.4) is 0 Å². The van der Waals surface area contributed by atoms with E-state index in [0.717, 1.165) is 22.7 Å². The average Bonchev–Trinajstić information content (AvgIpc) is 2.92. The number of hydrogen-bond donors (Lipinski definition) is 0. The van der Waals surface area contributed by atoms with E-state index < -0.39 is 24.0 Å². The summed E-state index contributed by atoms with van der Waals surface area (Å²) < 4.78 is 31.5. The molecule has 4 nitrogen and oxygen atoms in total. The molecule has 126 valence electrons. The molecule has 3 rings (SSSR count). The molecule has 1 aliphatic heterocycles. The predicted molar refractivity (Wildman–Crippen MR) is 90.2 cm³/mol. The molecule has 0 amide bonds. The highest BCUT2D eigenvalue weighted by atomic mass is 32.2. The van der Waals surface area contributed by atoms with Gasteiger partial charge in [-0.2, -0.15) is 5.26 Å². The van der Waals surface area contributed by atoms with Crippen molar-refractivity contribution in [3.63, 3.8) is 0 Å². The Balaban J connectivity index is 1.80. The molecule has 0 spiro atoms. The van der Waals surface area contributed by atoms with E-state index in [1.54, 1.807) is 11.9 Å². The lowest BCUT2D eigenvalue weighted by Gasteiger charge is -2.15. The van der Waals surface area contributed by atoms with E-state index in [9.17, 15) is 18.8 Å². The van der Waals surface area contributed by atoms with Gasteiger partial charge >= 0.3 is 0 Å². The summed E-state index contributed by atoms with van der Waals surface area (Å²) in [5.41, 5.74) is 0.833. The first-order chi connectivity index (χ1) is 12.0. The number of ketones is 1. The third-order valence-corrected chi connectivity index (χ3v) is 4.83. The second kappa shape index (κ2) is 6.95. The average molecular weight is 358 g/mol. The molecule has 1 heterocycles. The zero-order chi connectivity index (χ0) is 18.0. The number of benzene rings is 2. The maximum atomic E-state index is 13.6. The molecule has 2 aromatic carbocycles. The second-order valence-electron chi connectivity index (χ2n) is 5.21. The molecule has 0 saturated heterocycles. The lowest BCUT2D eigenvalue weighted by molar-refractivity contribution is -0.117. The normalized spacial score (nSPS) is 14.7. The standard InChI is InChI=1S/C18H12F2N2O2S/c1-22-14-4-2-3-5-17(14)25-18(22)12(9-21)15(23)10-24-16-7-6-11(19)8-13(16)20/h2-8H,10H2,1H3. The van der Waals surface area contributed by atoms with Gasteiger partial charge in [0.05, 0.1) is 5.69 Å². The number of fused-ring (bicyclic) bond motifs is 1. The Bertz CT molecular complexity index is 922. The fraction of sp³-hybridized carbons (Fsp3) is 0.111. The second-order valence-corrected chi connectivity index (χ2v) is 6.24. The smallest absolute Gasteiger partial charge is 0.213 e. The van der Waals surface area contributed by atoms with Crippen LogP contribution in [0.5, 0.6) is 5.75 Å². The van der Waals surface area contributed by atoms with Crippen LogP contribution in [0, 0.1) is 23.0 Å². The molecule has 0 radical (unpaired) electrons. The van der Waals surface area contributed by atoms with Crippen LogP contribution < -0.4 is 9.64 Å². The molecule has 0 fully saturated rings. The Labute approximate surface area is 147 Å². The van der Waals surface area contributed by atoms with Gasteiger partial charge in [0.15, 0.2) is 18.2 Å². The van der Waals surface area contributed by atoms with Crippen molar-refractivity contribution in [2.24, 2.45) is 0 Å². The van der Waals surface area contributed by atoms with Crippen molar-refractivity contribution in [2.45, 2.75) is 4.90 Å². The zero-order valence-electron chi connectivity index (χ0n) is 13.1. The summed E-state index contributed by atoms with van der Waals surface area (Å²) in [6.45, 7) is -0.514. The summed E-state index contributed by atoms with van der Waals surface area (Å²) in [7, 11) is 1.76. The maximum absolute atomic E-state index is 13.6. The first kappa shape index (κ1) is 17.0. The van der Waals surface area contributed by atoms with Gasteiger partial charge in [0.2, 0.25) is 5.78 Å². The third-order valence-electron chi connectivity index (χ3n) is 3.60. The molecule has 1 aliphatic rings. The van der Waals surface area contributed by atoms with Gasteiger partial charge in [-0.05, 0) is 24.3 Å². The molecule has 0 saturated carbocycles. The lowest BCUT2D eigenvalue weighted by atomic mass is 10.2. The van der Waals surface area contributed by atoms with Crippen LogP contribution >= 0.6 is 11.8 Å². The zero-order valence-corrected chi connectivity index (χ0v) is 13.9. The number of para-hydroxylation sites is 1. The van der Waals surface area contributed by atoms with Crippen molar-refractivity contribution in [2.75, 3.05) is 18.6 Å². The van der Waals surface area contributed by atoms with E-state index in [1.165, 1.54) is 11.8 Å². The molecule has 7 heteroatoms. The molecular formula is C18H12F2N2O2S. The van der Waals surface area contributed by atoms with Gasteiger partial charge in [-0.1, -0.05) is 23.9 Å². The van der Waals surface area contributed by atoms with Crippen molar-refractivity contribution in [3.05, 3.63) is 64.7 Å². The predicted octanol–water partition coefficient (Wildman–Crippen LogP) is 3.89. The van der Waals surface area contributed by atoms with Crippen molar-refractivity contribution in [1.82, 2.24) is 0 Å². The summed E-state index contributed by atoms with van der Waals surface area (Å²) in [4.78, 5) is 15.1. The van der Waals surface area contributed by atoms with Crippen LogP contribution in [0.15, 0.2) is 58.0 Å². The number of rotatable bonds is 4. The SMILES string of the molecule is CN1C(=C(C#N)C(=O)COc2ccc(F)cc2F)Sc2ccccc21. The number of carbonyl (C=O) groups excluding carboxylic acids is 1.